The second kappa shape index (κ2) is 15.0. The number of piperidine rings is 1. The number of carbonyl (C=O) groups excluding carboxylic acids is 4. The summed E-state index contributed by atoms with van der Waals surface area (Å²) in [4.78, 5) is 50.5. The van der Waals surface area contributed by atoms with Crippen LogP contribution in [0.5, 0.6) is 0 Å². The SMILES string of the molecule is CC(C)(C)C.N#C[C@H](C[C@@H]1CCCNC1=O)NC(=O)CNC(=O)C1CCCN1C(=O)OCc1ccccc1.[HH].[HH].[HH]. The van der Waals surface area contributed by atoms with E-state index < -0.39 is 30.0 Å². The minimum Gasteiger partial charge on any atom is -0.445 e. The first-order valence-electron chi connectivity index (χ1n) is 13.2. The number of rotatable bonds is 8. The fourth-order valence-corrected chi connectivity index (χ4v) is 4.08. The van der Waals surface area contributed by atoms with Crippen LogP contribution in [0.2, 0.25) is 0 Å². The lowest BCUT2D eigenvalue weighted by atomic mass is 9.92. The molecule has 2 aliphatic rings. The summed E-state index contributed by atoms with van der Waals surface area (Å²) in [6, 6.07) is 9.72. The number of benzene rings is 1. The van der Waals surface area contributed by atoms with Gasteiger partial charge in [0.15, 0.2) is 0 Å². The molecule has 2 saturated heterocycles. The van der Waals surface area contributed by atoms with Crippen LogP contribution in [0.3, 0.4) is 0 Å². The van der Waals surface area contributed by atoms with Crippen LogP contribution in [0, 0.1) is 22.7 Å². The van der Waals surface area contributed by atoms with Crippen molar-refractivity contribution < 1.29 is 28.2 Å². The van der Waals surface area contributed by atoms with E-state index in [1.54, 1.807) is 0 Å². The molecule has 0 radical (unpaired) electrons. The molecule has 2 aliphatic heterocycles. The molecule has 1 aromatic rings. The number of nitriles is 1. The van der Waals surface area contributed by atoms with Gasteiger partial charge < -0.3 is 20.7 Å². The first-order valence-corrected chi connectivity index (χ1v) is 13.2. The number of hydrogen-bond acceptors (Lipinski definition) is 6. The Morgan fingerprint density at radius 2 is 1.87 bits per heavy atom. The van der Waals surface area contributed by atoms with E-state index in [9.17, 15) is 24.4 Å². The third kappa shape index (κ3) is 11.2. The number of amides is 4. The molecule has 10 heteroatoms. The van der Waals surface area contributed by atoms with Gasteiger partial charge in [0.2, 0.25) is 17.7 Å². The molecule has 10 nitrogen and oxygen atoms in total. The number of nitrogens with one attached hydrogen (secondary N) is 3. The molecule has 0 bridgehead atoms. The largest absolute Gasteiger partial charge is 0.445 e. The fraction of sp³-hybridized carbons (Fsp3) is 0.607. The first-order chi connectivity index (χ1) is 18.0. The Labute approximate surface area is 229 Å². The maximum Gasteiger partial charge on any atom is 0.410 e. The maximum absolute atomic E-state index is 12.6. The van der Waals surface area contributed by atoms with Crippen LogP contribution in [0.25, 0.3) is 0 Å². The molecule has 0 spiro atoms. The molecule has 1 unspecified atom stereocenters. The van der Waals surface area contributed by atoms with Gasteiger partial charge in [-0.1, -0.05) is 58.0 Å². The normalized spacial score (nSPS) is 19.7. The van der Waals surface area contributed by atoms with Crippen molar-refractivity contribution in [2.75, 3.05) is 19.6 Å². The van der Waals surface area contributed by atoms with Gasteiger partial charge in [-0.3, -0.25) is 19.3 Å². The molecule has 0 aliphatic carbocycles. The summed E-state index contributed by atoms with van der Waals surface area (Å²) in [7, 11) is 0. The molecule has 3 atom stereocenters. The van der Waals surface area contributed by atoms with E-state index in [0.717, 1.165) is 12.0 Å². The molecule has 3 N–H and O–H groups in total. The molecule has 3 rings (SSSR count). The molecule has 0 saturated carbocycles. The molecule has 2 heterocycles. The van der Waals surface area contributed by atoms with Crippen molar-refractivity contribution in [1.29, 1.82) is 5.26 Å². The van der Waals surface area contributed by atoms with E-state index in [1.807, 2.05) is 36.4 Å². The second-order valence-electron chi connectivity index (χ2n) is 11.2. The Kier molecular flexibility index (Phi) is 12.1. The average molecular weight is 534 g/mol. The number of carbonyl (C=O) groups is 4. The molecular formula is C28H47N5O5. The Bertz CT molecular complexity index is 995. The van der Waals surface area contributed by atoms with Gasteiger partial charge in [0, 0.05) is 23.3 Å². The quantitative estimate of drug-likeness (QED) is 0.466. The van der Waals surface area contributed by atoms with Crippen LogP contribution < -0.4 is 16.0 Å². The van der Waals surface area contributed by atoms with Crippen molar-refractivity contribution in [3.8, 4) is 6.07 Å². The fourth-order valence-electron chi connectivity index (χ4n) is 4.08. The van der Waals surface area contributed by atoms with Gasteiger partial charge in [0.25, 0.3) is 0 Å². The summed E-state index contributed by atoms with van der Waals surface area (Å²) >= 11 is 0. The third-order valence-corrected chi connectivity index (χ3v) is 5.83. The molecule has 1 aromatic carbocycles. The van der Waals surface area contributed by atoms with E-state index >= 15 is 0 Å². The minimum absolute atomic E-state index is 0. The van der Waals surface area contributed by atoms with E-state index in [1.165, 1.54) is 4.90 Å². The van der Waals surface area contributed by atoms with Crippen LogP contribution in [0.15, 0.2) is 30.3 Å². The smallest absolute Gasteiger partial charge is 0.410 e. The van der Waals surface area contributed by atoms with Crippen molar-refractivity contribution in [3.63, 3.8) is 0 Å². The van der Waals surface area contributed by atoms with Crippen molar-refractivity contribution in [2.24, 2.45) is 11.3 Å². The minimum atomic E-state index is -0.820. The second-order valence-corrected chi connectivity index (χ2v) is 11.2. The monoisotopic (exact) mass is 533 g/mol. The summed E-state index contributed by atoms with van der Waals surface area (Å²) < 4.78 is 5.33. The Morgan fingerprint density at radius 1 is 1.18 bits per heavy atom. The summed E-state index contributed by atoms with van der Waals surface area (Å²) in [6.07, 6.45) is 2.30. The topological polar surface area (TPSA) is 141 Å². The van der Waals surface area contributed by atoms with E-state index in [-0.39, 0.29) is 35.7 Å². The average Bonchev–Trinajstić information content (AvgIpc) is 3.36. The molecule has 4 amide bonds. The zero-order valence-electron chi connectivity index (χ0n) is 22.9. The van der Waals surface area contributed by atoms with Gasteiger partial charge in [0.05, 0.1) is 12.6 Å². The van der Waals surface area contributed by atoms with E-state index in [4.69, 9.17) is 4.74 Å². The summed E-state index contributed by atoms with van der Waals surface area (Å²) in [5.74, 6) is -1.39. The zero-order chi connectivity index (χ0) is 28.1. The van der Waals surface area contributed by atoms with Gasteiger partial charge >= 0.3 is 6.09 Å². The predicted octanol–water partition coefficient (Wildman–Crippen LogP) is 3.62. The van der Waals surface area contributed by atoms with Crippen LogP contribution in [-0.2, 0) is 25.7 Å². The number of hydrogen-bond donors (Lipinski definition) is 3. The molecule has 214 valence electrons. The summed E-state index contributed by atoms with van der Waals surface area (Å²) in [5, 5.41) is 17.2. The standard InChI is InChI=1S/C23H29N5O5.C5H12.3H2/c24-13-18(12-17-8-4-10-25-21(17)30)27-20(29)14-26-22(31)19-9-5-11-28(19)23(32)33-15-16-6-2-1-3-7-16;1-5(2,3)4;;;/h1-3,6-7,17-19H,4-5,8-12,14-15H2,(H,25,30)(H,26,31)(H,27,29);1-4H3;3*1H/t17-,18-,19?;;;;/m0..../s1. The number of likely N-dealkylation sites (tertiary alicyclic amines) is 1. The molecule has 2 fully saturated rings. The lowest BCUT2D eigenvalue weighted by molar-refractivity contribution is -0.129. The van der Waals surface area contributed by atoms with Gasteiger partial charge in [0.1, 0.15) is 18.7 Å². The summed E-state index contributed by atoms with van der Waals surface area (Å²) in [6.45, 7) is 9.57. The van der Waals surface area contributed by atoms with Crippen LogP contribution in [0.4, 0.5) is 4.79 Å². The highest BCUT2D eigenvalue weighted by Gasteiger charge is 2.35. The molecule has 38 heavy (non-hydrogen) atoms. The highest BCUT2D eigenvalue weighted by molar-refractivity contribution is 5.90. The van der Waals surface area contributed by atoms with Crippen molar-refractivity contribution in [1.82, 2.24) is 20.9 Å². The maximum atomic E-state index is 12.6. The van der Waals surface area contributed by atoms with Crippen LogP contribution >= 0.6 is 0 Å². The highest BCUT2D eigenvalue weighted by atomic mass is 16.6. The Hall–Kier alpha value is -3.61. The van der Waals surface area contributed by atoms with Gasteiger partial charge in [-0.15, -0.1) is 0 Å². The van der Waals surface area contributed by atoms with Gasteiger partial charge in [-0.2, -0.15) is 5.26 Å². The highest BCUT2D eigenvalue weighted by Crippen LogP contribution is 2.19. The van der Waals surface area contributed by atoms with E-state index in [0.29, 0.717) is 37.8 Å². The zero-order valence-corrected chi connectivity index (χ0v) is 22.9. The Morgan fingerprint density at radius 3 is 2.50 bits per heavy atom. The van der Waals surface area contributed by atoms with Crippen LogP contribution in [0.1, 0.15) is 69.6 Å². The first kappa shape index (κ1) is 30.6. The number of nitrogens with zero attached hydrogens (tertiary/aromatic N) is 2. The van der Waals surface area contributed by atoms with E-state index in [2.05, 4.69) is 43.6 Å². The molecular weight excluding hydrogens is 486 g/mol. The van der Waals surface area contributed by atoms with Crippen molar-refractivity contribution in [2.45, 2.75) is 78.5 Å². The summed E-state index contributed by atoms with van der Waals surface area (Å²) in [5.41, 5.74) is 1.35. The third-order valence-electron chi connectivity index (χ3n) is 5.83. The van der Waals surface area contributed by atoms with Crippen molar-refractivity contribution >= 4 is 23.8 Å². The lowest BCUT2D eigenvalue weighted by Gasteiger charge is -2.24. The Balaban J connectivity index is 0. The lowest BCUT2D eigenvalue weighted by Crippen LogP contribution is -2.49. The van der Waals surface area contributed by atoms with Crippen molar-refractivity contribution in [3.05, 3.63) is 35.9 Å². The van der Waals surface area contributed by atoms with Crippen LogP contribution in [-0.4, -0.2) is 60.4 Å². The number of ether oxygens (including phenoxy) is 1. The molecule has 0 aromatic heterocycles. The van der Waals surface area contributed by atoms with Gasteiger partial charge in [-0.05, 0) is 43.1 Å². The predicted molar refractivity (Wildman–Crippen MR) is 149 cm³/mol. The van der Waals surface area contributed by atoms with Gasteiger partial charge in [-0.25, -0.2) is 4.79 Å².